The summed E-state index contributed by atoms with van der Waals surface area (Å²) < 4.78 is 4.95. The fraction of sp³-hybridized carbons (Fsp3) is 0.833. The van der Waals surface area contributed by atoms with E-state index in [1.165, 1.54) is 0 Å². The van der Waals surface area contributed by atoms with Crippen LogP contribution in [0.1, 0.15) is 6.42 Å². The number of rotatable bonds is 1. The summed E-state index contributed by atoms with van der Waals surface area (Å²) in [6.45, 7) is 0.849. The molecule has 11 heavy (non-hydrogen) atoms. The number of carbonyl (C=O) groups is 1. The summed E-state index contributed by atoms with van der Waals surface area (Å²) in [5.41, 5.74) is 5.52. The van der Waals surface area contributed by atoms with Crippen LogP contribution in [-0.2, 0) is 9.53 Å². The molecule has 1 heterocycles. The van der Waals surface area contributed by atoms with Gasteiger partial charge in [-0.2, -0.15) is 0 Å². The molecule has 1 aliphatic heterocycles. The maximum absolute atomic E-state index is 10.4. The summed E-state index contributed by atoms with van der Waals surface area (Å²) in [5, 5.41) is 8.55. The molecule has 1 aliphatic rings. The Kier molecular flexibility index (Phi) is 4.63. The van der Waals surface area contributed by atoms with Crippen molar-refractivity contribution in [2.75, 3.05) is 13.2 Å². The van der Waals surface area contributed by atoms with E-state index in [2.05, 4.69) is 0 Å². The van der Waals surface area contributed by atoms with Crippen molar-refractivity contribution in [3.8, 4) is 0 Å². The van der Waals surface area contributed by atoms with E-state index in [4.69, 9.17) is 15.6 Å². The van der Waals surface area contributed by atoms with Crippen LogP contribution in [0.25, 0.3) is 0 Å². The minimum absolute atomic E-state index is 0. The normalized spacial score (nSPS) is 30.6. The van der Waals surface area contributed by atoms with Crippen LogP contribution in [0.3, 0.4) is 0 Å². The second-order valence-corrected chi connectivity index (χ2v) is 2.47. The molecule has 4 nitrogen and oxygen atoms in total. The smallest absolute Gasteiger partial charge is 0.310 e. The van der Waals surface area contributed by atoms with Crippen molar-refractivity contribution in [2.45, 2.75) is 12.5 Å². The van der Waals surface area contributed by atoms with Gasteiger partial charge in [0.05, 0.1) is 12.5 Å². The summed E-state index contributed by atoms with van der Waals surface area (Å²) in [7, 11) is 0. The molecule has 0 aromatic carbocycles. The molecule has 0 saturated carbocycles. The van der Waals surface area contributed by atoms with Crippen LogP contribution in [0.4, 0.5) is 0 Å². The van der Waals surface area contributed by atoms with Gasteiger partial charge in [-0.15, -0.1) is 17.0 Å². The number of halogens is 1. The Balaban J connectivity index is 0.000001000. The van der Waals surface area contributed by atoms with E-state index >= 15 is 0 Å². The Labute approximate surface area is 75.5 Å². The standard InChI is InChI=1S/C6H11NO3.BrH/c7-5-1-2-10-3-4(5)6(8)9;/h4-5H,1-3,7H2,(H,8,9);1H. The highest BCUT2D eigenvalue weighted by atomic mass is 79.9. The maximum Gasteiger partial charge on any atom is 0.310 e. The zero-order valence-corrected chi connectivity index (χ0v) is 7.74. The Morgan fingerprint density at radius 2 is 2.27 bits per heavy atom. The largest absolute Gasteiger partial charge is 0.481 e. The van der Waals surface area contributed by atoms with Crippen molar-refractivity contribution >= 4 is 23.0 Å². The first-order valence-electron chi connectivity index (χ1n) is 3.28. The monoisotopic (exact) mass is 225 g/mol. The van der Waals surface area contributed by atoms with Crippen LogP contribution in [0.5, 0.6) is 0 Å². The van der Waals surface area contributed by atoms with E-state index in [0.717, 1.165) is 0 Å². The molecule has 3 N–H and O–H groups in total. The quantitative estimate of drug-likeness (QED) is 0.660. The van der Waals surface area contributed by atoms with Crippen LogP contribution < -0.4 is 5.73 Å². The van der Waals surface area contributed by atoms with E-state index < -0.39 is 11.9 Å². The highest BCUT2D eigenvalue weighted by Crippen LogP contribution is 2.12. The molecule has 1 saturated heterocycles. The molecule has 0 spiro atoms. The zero-order chi connectivity index (χ0) is 7.56. The SMILES string of the molecule is Br.NC1CCOCC1C(=O)O. The van der Waals surface area contributed by atoms with Gasteiger partial charge in [0, 0.05) is 12.6 Å². The summed E-state index contributed by atoms with van der Waals surface area (Å²) in [4.78, 5) is 10.4. The Morgan fingerprint density at radius 3 is 2.64 bits per heavy atom. The summed E-state index contributed by atoms with van der Waals surface area (Å²) in [5.74, 6) is -1.36. The molecular formula is C6H12BrNO3. The fourth-order valence-electron chi connectivity index (χ4n) is 1.01. The van der Waals surface area contributed by atoms with Crippen molar-refractivity contribution in [3.05, 3.63) is 0 Å². The van der Waals surface area contributed by atoms with Gasteiger partial charge in [0.25, 0.3) is 0 Å². The zero-order valence-electron chi connectivity index (χ0n) is 6.03. The second kappa shape index (κ2) is 4.69. The van der Waals surface area contributed by atoms with E-state index in [0.29, 0.717) is 13.0 Å². The molecule has 2 unspecified atom stereocenters. The topological polar surface area (TPSA) is 72.5 Å². The number of hydrogen-bond donors (Lipinski definition) is 2. The number of carboxylic acids is 1. The number of aliphatic carboxylic acids is 1. The van der Waals surface area contributed by atoms with Gasteiger partial charge in [0.1, 0.15) is 0 Å². The minimum atomic E-state index is -0.854. The molecule has 2 atom stereocenters. The van der Waals surface area contributed by atoms with Gasteiger partial charge >= 0.3 is 5.97 Å². The van der Waals surface area contributed by atoms with Crippen LogP contribution in [0, 0.1) is 5.92 Å². The van der Waals surface area contributed by atoms with Gasteiger partial charge in [0.15, 0.2) is 0 Å². The number of ether oxygens (including phenoxy) is 1. The summed E-state index contributed by atoms with van der Waals surface area (Å²) >= 11 is 0. The van der Waals surface area contributed by atoms with Crippen LogP contribution in [0.15, 0.2) is 0 Å². The van der Waals surface area contributed by atoms with Crippen molar-refractivity contribution in [3.63, 3.8) is 0 Å². The van der Waals surface area contributed by atoms with E-state index in [1.807, 2.05) is 0 Å². The predicted octanol–water partition coefficient (Wildman–Crippen LogP) is 0.0127. The third kappa shape index (κ3) is 2.76. The molecule has 0 aliphatic carbocycles. The third-order valence-electron chi connectivity index (χ3n) is 1.73. The van der Waals surface area contributed by atoms with Gasteiger partial charge in [0.2, 0.25) is 0 Å². The molecule has 0 aromatic rings. The average Bonchev–Trinajstić information content (AvgIpc) is 1.88. The van der Waals surface area contributed by atoms with Gasteiger partial charge in [-0.25, -0.2) is 0 Å². The molecule has 66 valence electrons. The van der Waals surface area contributed by atoms with Crippen molar-refractivity contribution in [2.24, 2.45) is 11.7 Å². The molecule has 0 amide bonds. The van der Waals surface area contributed by atoms with E-state index in [-0.39, 0.29) is 29.6 Å². The number of nitrogens with two attached hydrogens (primary N) is 1. The van der Waals surface area contributed by atoms with Crippen LogP contribution in [0.2, 0.25) is 0 Å². The Hall–Kier alpha value is -0.130. The van der Waals surface area contributed by atoms with Gasteiger partial charge < -0.3 is 15.6 Å². The molecule has 1 fully saturated rings. The van der Waals surface area contributed by atoms with Crippen molar-refractivity contribution < 1.29 is 14.6 Å². The van der Waals surface area contributed by atoms with Gasteiger partial charge in [-0.05, 0) is 6.42 Å². The van der Waals surface area contributed by atoms with Crippen molar-refractivity contribution in [1.82, 2.24) is 0 Å². The highest BCUT2D eigenvalue weighted by Gasteiger charge is 2.28. The molecule has 1 rings (SSSR count). The third-order valence-corrected chi connectivity index (χ3v) is 1.73. The predicted molar refractivity (Wildman–Crippen MR) is 44.9 cm³/mol. The fourth-order valence-corrected chi connectivity index (χ4v) is 1.01. The number of hydrogen-bond acceptors (Lipinski definition) is 3. The van der Waals surface area contributed by atoms with Gasteiger partial charge in [-0.3, -0.25) is 4.79 Å². The minimum Gasteiger partial charge on any atom is -0.481 e. The molecule has 0 aromatic heterocycles. The lowest BCUT2D eigenvalue weighted by molar-refractivity contribution is -0.146. The maximum atomic E-state index is 10.4. The molecule has 5 heteroatoms. The highest BCUT2D eigenvalue weighted by molar-refractivity contribution is 8.93. The molecule has 0 radical (unpaired) electrons. The molecular weight excluding hydrogens is 214 g/mol. The first-order chi connectivity index (χ1) is 4.72. The lowest BCUT2D eigenvalue weighted by Crippen LogP contribution is -2.42. The first kappa shape index (κ1) is 10.9. The van der Waals surface area contributed by atoms with E-state index in [9.17, 15) is 4.79 Å². The Bertz CT molecular complexity index is 142. The van der Waals surface area contributed by atoms with Crippen LogP contribution in [-0.4, -0.2) is 30.3 Å². The Morgan fingerprint density at radius 1 is 1.64 bits per heavy atom. The molecule has 0 bridgehead atoms. The first-order valence-corrected chi connectivity index (χ1v) is 3.28. The van der Waals surface area contributed by atoms with Crippen molar-refractivity contribution in [1.29, 1.82) is 0 Å². The number of carboxylic acid groups (broad SMARTS) is 1. The van der Waals surface area contributed by atoms with Crippen LogP contribution >= 0.6 is 17.0 Å². The average molecular weight is 226 g/mol. The lowest BCUT2D eigenvalue weighted by atomic mass is 9.97. The van der Waals surface area contributed by atoms with Gasteiger partial charge in [-0.1, -0.05) is 0 Å². The second-order valence-electron chi connectivity index (χ2n) is 2.47. The lowest BCUT2D eigenvalue weighted by Gasteiger charge is -2.24. The summed E-state index contributed by atoms with van der Waals surface area (Å²) in [6, 6.07) is -0.230. The summed E-state index contributed by atoms with van der Waals surface area (Å²) in [6.07, 6.45) is 0.650. The van der Waals surface area contributed by atoms with E-state index in [1.54, 1.807) is 0 Å².